The molecule has 0 aliphatic heterocycles. The summed E-state index contributed by atoms with van der Waals surface area (Å²) in [6.07, 6.45) is 0. The van der Waals surface area contributed by atoms with Gasteiger partial charge in [0.15, 0.2) is 16.5 Å². The minimum Gasteiger partial charge on any atom is -0.476 e. The number of aromatic nitrogens is 3. The first-order valence-electron chi connectivity index (χ1n) is 7.68. The van der Waals surface area contributed by atoms with Gasteiger partial charge in [-0.2, -0.15) is 10.1 Å². The Morgan fingerprint density at radius 2 is 1.65 bits per heavy atom. The number of nitrogens with one attached hydrogen (secondary N) is 1. The van der Waals surface area contributed by atoms with Crippen LogP contribution in [-0.2, 0) is 0 Å². The van der Waals surface area contributed by atoms with Gasteiger partial charge in [-0.15, -0.1) is 0 Å². The highest BCUT2D eigenvalue weighted by atomic mass is 32.1. The average molecular weight is 364 g/mol. The number of anilines is 1. The van der Waals surface area contributed by atoms with Crippen LogP contribution in [0.1, 0.15) is 20.8 Å². The minimum atomic E-state index is -1.14. The Labute approximate surface area is 151 Å². The number of nitrogens with zero attached hydrogens (tertiary/aromatic N) is 3. The van der Waals surface area contributed by atoms with Crippen LogP contribution < -0.4 is 5.32 Å². The number of hydrogen-bond acceptors (Lipinski definition) is 5. The number of para-hydroxylation sites is 1. The molecule has 0 saturated heterocycles. The van der Waals surface area contributed by atoms with E-state index in [0.29, 0.717) is 26.7 Å². The second-order valence-electron chi connectivity index (χ2n) is 5.39. The number of amides is 1. The Bertz CT molecular complexity index is 1100. The van der Waals surface area contributed by atoms with Gasteiger partial charge in [0.2, 0.25) is 0 Å². The van der Waals surface area contributed by atoms with Crippen LogP contribution in [0.5, 0.6) is 0 Å². The molecule has 1 amide bonds. The average Bonchev–Trinajstić information content (AvgIpc) is 3.21. The Hall–Kier alpha value is -3.52. The van der Waals surface area contributed by atoms with E-state index in [0.717, 1.165) is 11.3 Å². The molecule has 4 rings (SSSR count). The number of thiazole rings is 1. The van der Waals surface area contributed by atoms with Gasteiger partial charge in [0.1, 0.15) is 4.70 Å². The third-order valence-electron chi connectivity index (χ3n) is 3.68. The number of aromatic carboxylic acids is 1. The molecule has 8 heteroatoms. The molecule has 0 aliphatic carbocycles. The van der Waals surface area contributed by atoms with Crippen molar-refractivity contribution < 1.29 is 14.7 Å². The zero-order chi connectivity index (χ0) is 18.1. The first-order valence-corrected chi connectivity index (χ1v) is 8.50. The van der Waals surface area contributed by atoms with Crippen molar-refractivity contribution >= 4 is 38.7 Å². The molecule has 0 spiro atoms. The molecular formula is C18H12N4O3S. The van der Waals surface area contributed by atoms with Gasteiger partial charge in [-0.25, -0.2) is 9.48 Å². The number of hydrogen-bond donors (Lipinski definition) is 2. The van der Waals surface area contributed by atoms with Crippen molar-refractivity contribution in [3.63, 3.8) is 0 Å². The number of benzene rings is 2. The molecule has 0 saturated carbocycles. The van der Waals surface area contributed by atoms with Gasteiger partial charge in [0.05, 0.1) is 5.69 Å². The van der Waals surface area contributed by atoms with E-state index in [4.69, 9.17) is 0 Å². The molecule has 26 heavy (non-hydrogen) atoms. The molecular weight excluding hydrogens is 352 g/mol. The van der Waals surface area contributed by atoms with Crippen molar-refractivity contribution in [1.82, 2.24) is 14.8 Å². The van der Waals surface area contributed by atoms with Crippen molar-refractivity contribution in [2.24, 2.45) is 0 Å². The summed E-state index contributed by atoms with van der Waals surface area (Å²) in [7, 11) is 0. The molecule has 0 unspecified atom stereocenters. The van der Waals surface area contributed by atoms with E-state index in [-0.39, 0.29) is 11.6 Å². The van der Waals surface area contributed by atoms with E-state index >= 15 is 0 Å². The quantitative estimate of drug-likeness (QED) is 0.578. The van der Waals surface area contributed by atoms with Crippen molar-refractivity contribution in [2.45, 2.75) is 0 Å². The van der Waals surface area contributed by atoms with Crippen LogP contribution in [0.25, 0.3) is 16.0 Å². The third-order valence-corrected chi connectivity index (χ3v) is 4.65. The summed E-state index contributed by atoms with van der Waals surface area (Å²) in [5.41, 5.74) is 1.48. The lowest BCUT2D eigenvalue weighted by atomic mass is 10.2. The van der Waals surface area contributed by atoms with Crippen LogP contribution in [0, 0.1) is 0 Å². The number of rotatable bonds is 4. The summed E-state index contributed by atoms with van der Waals surface area (Å²) in [4.78, 5) is 28.2. The smallest absolute Gasteiger partial charge is 0.358 e. The van der Waals surface area contributed by atoms with Crippen LogP contribution in [0.4, 0.5) is 5.13 Å². The Balaban J connectivity index is 1.77. The highest BCUT2D eigenvalue weighted by molar-refractivity contribution is 7.22. The van der Waals surface area contributed by atoms with Crippen molar-refractivity contribution in [1.29, 1.82) is 0 Å². The molecule has 0 bridgehead atoms. The van der Waals surface area contributed by atoms with E-state index in [2.05, 4.69) is 15.4 Å². The van der Waals surface area contributed by atoms with Crippen LogP contribution >= 0.6 is 11.3 Å². The number of carbonyl (C=O) groups excluding carboxylic acids is 1. The Kier molecular flexibility index (Phi) is 3.94. The van der Waals surface area contributed by atoms with Gasteiger partial charge in [0.25, 0.3) is 5.91 Å². The molecule has 2 aromatic carbocycles. The van der Waals surface area contributed by atoms with E-state index < -0.39 is 5.97 Å². The standard InChI is InChI=1S/C18H12N4O3S/c23-16(11-7-3-1-4-8-11)20-18-19-15-14(26-18)13(17(24)25)21-22(15)12-9-5-2-6-10-12/h1-10H,(H,24,25)(H,19,20,23). The summed E-state index contributed by atoms with van der Waals surface area (Å²) in [6.45, 7) is 0. The number of fused-ring (bicyclic) bond motifs is 1. The summed E-state index contributed by atoms with van der Waals surface area (Å²) >= 11 is 1.08. The normalized spacial score (nSPS) is 10.8. The molecule has 4 aromatic rings. The Morgan fingerprint density at radius 1 is 1.00 bits per heavy atom. The first kappa shape index (κ1) is 16.0. The largest absolute Gasteiger partial charge is 0.476 e. The fourth-order valence-corrected chi connectivity index (χ4v) is 3.42. The van der Waals surface area contributed by atoms with Crippen LogP contribution in [0.3, 0.4) is 0 Å². The summed E-state index contributed by atoms with van der Waals surface area (Å²) < 4.78 is 1.87. The van der Waals surface area contributed by atoms with E-state index in [1.165, 1.54) is 4.68 Å². The lowest BCUT2D eigenvalue weighted by Crippen LogP contribution is -2.11. The zero-order valence-electron chi connectivity index (χ0n) is 13.3. The van der Waals surface area contributed by atoms with Crippen molar-refractivity contribution in [2.75, 3.05) is 5.32 Å². The van der Waals surface area contributed by atoms with Crippen molar-refractivity contribution in [3.05, 3.63) is 71.9 Å². The number of carboxylic acid groups (broad SMARTS) is 1. The topological polar surface area (TPSA) is 97.1 Å². The molecule has 0 fully saturated rings. The zero-order valence-corrected chi connectivity index (χ0v) is 14.1. The van der Waals surface area contributed by atoms with E-state index in [1.807, 2.05) is 24.3 Å². The maximum atomic E-state index is 12.3. The molecule has 0 radical (unpaired) electrons. The van der Waals surface area contributed by atoms with Gasteiger partial charge >= 0.3 is 5.97 Å². The van der Waals surface area contributed by atoms with Gasteiger partial charge in [-0.05, 0) is 24.3 Å². The molecule has 7 nitrogen and oxygen atoms in total. The number of carbonyl (C=O) groups is 2. The van der Waals surface area contributed by atoms with Gasteiger partial charge in [0, 0.05) is 5.56 Å². The molecule has 2 aromatic heterocycles. The fourth-order valence-electron chi connectivity index (χ4n) is 2.50. The fraction of sp³-hybridized carbons (Fsp3) is 0. The maximum absolute atomic E-state index is 12.3. The van der Waals surface area contributed by atoms with E-state index in [9.17, 15) is 14.7 Å². The lowest BCUT2D eigenvalue weighted by Gasteiger charge is -2.02. The van der Waals surface area contributed by atoms with Crippen LogP contribution in [0.2, 0.25) is 0 Å². The molecule has 0 aliphatic rings. The first-order chi connectivity index (χ1) is 12.6. The van der Waals surface area contributed by atoms with Gasteiger partial charge < -0.3 is 5.11 Å². The summed E-state index contributed by atoms with van der Waals surface area (Å²) in [5.74, 6) is -1.45. The summed E-state index contributed by atoms with van der Waals surface area (Å²) in [5, 5.41) is 16.6. The molecule has 0 atom stereocenters. The van der Waals surface area contributed by atoms with Crippen LogP contribution in [-0.4, -0.2) is 31.7 Å². The molecule has 128 valence electrons. The van der Waals surface area contributed by atoms with Gasteiger partial charge in [-0.1, -0.05) is 47.7 Å². The highest BCUT2D eigenvalue weighted by Gasteiger charge is 2.22. The van der Waals surface area contributed by atoms with Crippen LogP contribution in [0.15, 0.2) is 60.7 Å². The third kappa shape index (κ3) is 2.82. The lowest BCUT2D eigenvalue weighted by molar-refractivity contribution is 0.0692. The summed E-state index contributed by atoms with van der Waals surface area (Å²) in [6, 6.07) is 17.9. The highest BCUT2D eigenvalue weighted by Crippen LogP contribution is 2.31. The van der Waals surface area contributed by atoms with E-state index in [1.54, 1.807) is 36.4 Å². The molecule has 2 heterocycles. The SMILES string of the molecule is O=C(Nc1nc2c(s1)c(C(=O)O)nn2-c1ccccc1)c1ccccc1. The number of carboxylic acids is 1. The van der Waals surface area contributed by atoms with Crippen molar-refractivity contribution in [3.8, 4) is 5.69 Å². The predicted molar refractivity (Wildman–Crippen MR) is 98.1 cm³/mol. The maximum Gasteiger partial charge on any atom is 0.358 e. The minimum absolute atomic E-state index is 0.0958. The molecule has 2 N–H and O–H groups in total. The predicted octanol–water partition coefficient (Wildman–Crippen LogP) is 3.43. The monoisotopic (exact) mass is 364 g/mol. The second kappa shape index (κ2) is 6.41. The second-order valence-corrected chi connectivity index (χ2v) is 6.39. The Morgan fingerprint density at radius 3 is 2.31 bits per heavy atom. The van der Waals surface area contributed by atoms with Gasteiger partial charge in [-0.3, -0.25) is 10.1 Å².